The van der Waals surface area contributed by atoms with E-state index in [4.69, 9.17) is 34.8 Å². The van der Waals surface area contributed by atoms with Gasteiger partial charge in [0.25, 0.3) is 0 Å². The topological polar surface area (TPSA) is 102 Å². The maximum atomic E-state index is 13.5. The second-order valence-electron chi connectivity index (χ2n) is 8.56. The minimum atomic E-state index is -1.28. The van der Waals surface area contributed by atoms with Crippen molar-refractivity contribution in [2.75, 3.05) is 0 Å². The number of benzene rings is 2. The molecular formula is C23H22Cl3N3O4. The normalized spacial score (nSPS) is 12.4. The lowest BCUT2D eigenvalue weighted by Crippen LogP contribution is -2.47. The molecule has 0 saturated carbocycles. The molecule has 7 nitrogen and oxygen atoms in total. The largest absolute Gasteiger partial charge is 0.477 e. The third kappa shape index (κ3) is 5.61. The van der Waals surface area contributed by atoms with Gasteiger partial charge in [0.15, 0.2) is 0 Å². The molecule has 0 bridgehead atoms. The Morgan fingerprint density at radius 2 is 1.76 bits per heavy atom. The van der Waals surface area contributed by atoms with E-state index in [1.165, 1.54) is 11.0 Å². The van der Waals surface area contributed by atoms with E-state index in [0.29, 0.717) is 37.9 Å². The van der Waals surface area contributed by atoms with Gasteiger partial charge in [-0.25, -0.2) is 4.79 Å². The fourth-order valence-corrected chi connectivity index (χ4v) is 4.21. The lowest BCUT2D eigenvalue weighted by molar-refractivity contribution is -0.134. The second-order valence-corrected chi connectivity index (χ2v) is 9.84. The van der Waals surface area contributed by atoms with Crippen LogP contribution < -0.4 is 5.32 Å². The van der Waals surface area contributed by atoms with Crippen molar-refractivity contribution in [1.29, 1.82) is 0 Å². The van der Waals surface area contributed by atoms with E-state index < -0.39 is 23.5 Å². The van der Waals surface area contributed by atoms with Gasteiger partial charge in [-0.3, -0.25) is 9.59 Å². The number of hydrogen-bond acceptors (Lipinski definition) is 3. The van der Waals surface area contributed by atoms with Crippen LogP contribution in [0.3, 0.4) is 0 Å². The van der Waals surface area contributed by atoms with Crippen LogP contribution in [0.5, 0.6) is 0 Å². The highest BCUT2D eigenvalue weighted by Crippen LogP contribution is 2.35. The Morgan fingerprint density at radius 1 is 1.12 bits per heavy atom. The van der Waals surface area contributed by atoms with Gasteiger partial charge in [-0.15, -0.1) is 0 Å². The van der Waals surface area contributed by atoms with E-state index in [2.05, 4.69) is 10.3 Å². The van der Waals surface area contributed by atoms with Crippen LogP contribution in [0.4, 0.5) is 0 Å². The number of carbonyl (C=O) groups excluding carboxylic acids is 2. The van der Waals surface area contributed by atoms with Crippen molar-refractivity contribution in [2.45, 2.75) is 38.9 Å². The molecule has 174 valence electrons. The van der Waals surface area contributed by atoms with Crippen LogP contribution in [-0.4, -0.2) is 38.8 Å². The van der Waals surface area contributed by atoms with Crippen LogP contribution in [0, 0.1) is 0 Å². The first-order chi connectivity index (χ1) is 15.4. The summed E-state index contributed by atoms with van der Waals surface area (Å²) in [5.41, 5.74) is 0.268. The highest BCUT2D eigenvalue weighted by Gasteiger charge is 2.35. The van der Waals surface area contributed by atoms with Gasteiger partial charge in [-0.05, 0) is 50.6 Å². The fourth-order valence-electron chi connectivity index (χ4n) is 3.57. The zero-order chi connectivity index (χ0) is 24.5. The Kier molecular flexibility index (Phi) is 7.26. The van der Waals surface area contributed by atoms with Crippen molar-refractivity contribution < 1.29 is 19.5 Å². The van der Waals surface area contributed by atoms with E-state index in [9.17, 15) is 19.5 Å². The highest BCUT2D eigenvalue weighted by atomic mass is 35.5. The van der Waals surface area contributed by atoms with Crippen LogP contribution in [0.1, 0.15) is 48.4 Å². The number of carboxylic acid groups (broad SMARTS) is 1. The van der Waals surface area contributed by atoms with E-state index in [1.807, 2.05) is 0 Å². The molecule has 3 rings (SSSR count). The van der Waals surface area contributed by atoms with Crippen molar-refractivity contribution in [3.63, 3.8) is 0 Å². The number of hydrogen-bond donors (Lipinski definition) is 3. The number of carbonyl (C=O) groups is 3. The summed E-state index contributed by atoms with van der Waals surface area (Å²) in [5, 5.41) is 14.3. The zero-order valence-electron chi connectivity index (χ0n) is 18.1. The quantitative estimate of drug-likeness (QED) is 0.368. The Labute approximate surface area is 205 Å². The monoisotopic (exact) mass is 509 g/mol. The molecule has 1 heterocycles. The molecule has 0 aliphatic rings. The minimum absolute atomic E-state index is 0.0545. The Bertz CT molecular complexity index is 1230. The number of aromatic nitrogens is 1. The van der Waals surface area contributed by atoms with Gasteiger partial charge in [0.2, 0.25) is 12.3 Å². The summed E-state index contributed by atoms with van der Waals surface area (Å²) in [7, 11) is 0. The number of halogens is 3. The van der Waals surface area contributed by atoms with Gasteiger partial charge in [-0.1, -0.05) is 46.9 Å². The molecule has 0 saturated heterocycles. The smallest absolute Gasteiger partial charge is 0.352 e. The van der Waals surface area contributed by atoms with Crippen molar-refractivity contribution in [1.82, 2.24) is 15.2 Å². The molecule has 0 aliphatic carbocycles. The standard InChI is InChI=1S/C23H22Cl3N3O4/c1-23(2,3)28-21(31)20(29(11-30)10-12-4-5-13(24)8-16(12)26)18-15-7-6-14(25)9-17(15)27-19(18)22(32)33/h4-9,11,20,27H,10H2,1-3H3,(H,28,31)(H,32,33). The lowest BCUT2D eigenvalue weighted by atomic mass is 9.98. The van der Waals surface area contributed by atoms with E-state index >= 15 is 0 Å². The molecule has 3 aromatic rings. The van der Waals surface area contributed by atoms with Gasteiger partial charge in [0.1, 0.15) is 11.7 Å². The molecule has 1 atom stereocenters. The number of amides is 2. The summed E-state index contributed by atoms with van der Waals surface area (Å²) in [6, 6.07) is 8.29. The first kappa shape index (κ1) is 24.9. The van der Waals surface area contributed by atoms with Crippen LogP contribution in [0.15, 0.2) is 36.4 Å². The van der Waals surface area contributed by atoms with Gasteiger partial charge < -0.3 is 20.3 Å². The maximum absolute atomic E-state index is 13.5. The Balaban J connectivity index is 2.21. The molecule has 0 fully saturated rings. The van der Waals surface area contributed by atoms with Crippen LogP contribution in [-0.2, 0) is 16.1 Å². The molecule has 33 heavy (non-hydrogen) atoms. The second kappa shape index (κ2) is 9.63. The van der Waals surface area contributed by atoms with E-state index in [1.54, 1.807) is 51.1 Å². The fraction of sp³-hybridized carbons (Fsp3) is 0.261. The van der Waals surface area contributed by atoms with Crippen molar-refractivity contribution in [2.24, 2.45) is 0 Å². The van der Waals surface area contributed by atoms with Crippen LogP contribution in [0.2, 0.25) is 15.1 Å². The van der Waals surface area contributed by atoms with Gasteiger partial charge >= 0.3 is 5.97 Å². The maximum Gasteiger partial charge on any atom is 0.352 e. The Morgan fingerprint density at radius 3 is 2.33 bits per heavy atom. The zero-order valence-corrected chi connectivity index (χ0v) is 20.3. The van der Waals surface area contributed by atoms with Crippen molar-refractivity contribution >= 4 is 64.0 Å². The summed E-state index contributed by atoms with van der Waals surface area (Å²) in [6.07, 6.45) is 0.498. The molecule has 10 heteroatoms. The predicted octanol–water partition coefficient (Wildman–Crippen LogP) is 5.44. The average Bonchev–Trinajstić information content (AvgIpc) is 3.06. The Hall–Kier alpha value is -2.74. The molecule has 0 radical (unpaired) electrons. The van der Waals surface area contributed by atoms with E-state index in [0.717, 1.165) is 0 Å². The van der Waals surface area contributed by atoms with Crippen molar-refractivity contribution in [3.05, 3.63) is 68.3 Å². The van der Waals surface area contributed by atoms with Crippen molar-refractivity contribution in [3.8, 4) is 0 Å². The number of nitrogens with one attached hydrogen (secondary N) is 2. The molecule has 0 aliphatic heterocycles. The summed E-state index contributed by atoms with van der Waals surface area (Å²) in [6.45, 7) is 5.31. The van der Waals surface area contributed by atoms with Gasteiger partial charge in [0, 0.05) is 43.6 Å². The number of fused-ring (bicyclic) bond motifs is 1. The number of carboxylic acids is 1. The number of nitrogens with zero attached hydrogens (tertiary/aromatic N) is 1. The summed E-state index contributed by atoms with van der Waals surface area (Å²) in [4.78, 5) is 41.9. The first-order valence-electron chi connectivity index (χ1n) is 9.92. The molecule has 1 aromatic heterocycles. The summed E-state index contributed by atoms with van der Waals surface area (Å²) < 4.78 is 0. The highest BCUT2D eigenvalue weighted by molar-refractivity contribution is 6.35. The SMILES string of the molecule is CC(C)(C)NC(=O)C(c1c(C(=O)O)[nH]c2cc(Cl)ccc12)N(C=O)Cc1ccc(Cl)cc1Cl. The third-order valence-corrected chi connectivity index (χ3v) is 5.69. The molecule has 2 amide bonds. The number of rotatable bonds is 7. The molecule has 0 spiro atoms. The third-order valence-electron chi connectivity index (χ3n) is 4.87. The lowest BCUT2D eigenvalue weighted by Gasteiger charge is -2.31. The predicted molar refractivity (Wildman–Crippen MR) is 129 cm³/mol. The minimum Gasteiger partial charge on any atom is -0.477 e. The summed E-state index contributed by atoms with van der Waals surface area (Å²) in [5.74, 6) is -1.82. The molecular weight excluding hydrogens is 489 g/mol. The number of aromatic carboxylic acids is 1. The molecule has 3 N–H and O–H groups in total. The van der Waals surface area contributed by atoms with E-state index in [-0.39, 0.29) is 17.8 Å². The van der Waals surface area contributed by atoms with Crippen LogP contribution in [0.25, 0.3) is 10.9 Å². The average molecular weight is 511 g/mol. The van der Waals surface area contributed by atoms with Gasteiger partial charge in [0.05, 0.1) is 0 Å². The first-order valence-corrected chi connectivity index (χ1v) is 11.1. The van der Waals surface area contributed by atoms with Gasteiger partial charge in [-0.2, -0.15) is 0 Å². The van der Waals surface area contributed by atoms with Crippen LogP contribution >= 0.6 is 34.8 Å². The number of aromatic amines is 1. The summed E-state index contributed by atoms with van der Waals surface area (Å²) >= 11 is 18.4. The molecule has 2 aromatic carbocycles. The number of H-pyrrole nitrogens is 1. The molecule has 1 unspecified atom stereocenters.